The van der Waals surface area contributed by atoms with E-state index in [9.17, 15) is 0 Å². The van der Waals surface area contributed by atoms with E-state index >= 15 is 0 Å². The van der Waals surface area contributed by atoms with Gasteiger partial charge in [-0.2, -0.15) is 5.10 Å². The van der Waals surface area contributed by atoms with Crippen LogP contribution in [0, 0.1) is 0 Å². The van der Waals surface area contributed by atoms with Crippen LogP contribution in [0.1, 0.15) is 79.0 Å². The summed E-state index contributed by atoms with van der Waals surface area (Å²) in [6.45, 7) is 20.4. The molecule has 8 aromatic carbocycles. The van der Waals surface area contributed by atoms with Gasteiger partial charge in [0.2, 0.25) is 0 Å². The van der Waals surface area contributed by atoms with E-state index in [4.69, 9.17) is 14.8 Å². The lowest BCUT2D eigenvalue weighted by Crippen LogP contribution is -2.15. The number of pyridine rings is 1. The number of nitrogens with zero attached hydrogens (tertiary/aromatic N) is 4. The van der Waals surface area contributed by atoms with Gasteiger partial charge >= 0.3 is 0 Å². The van der Waals surface area contributed by atoms with E-state index in [1.165, 1.54) is 22.3 Å². The van der Waals surface area contributed by atoms with Gasteiger partial charge in [0.25, 0.3) is 0 Å². The van der Waals surface area contributed by atoms with Crippen molar-refractivity contribution in [1.29, 1.82) is 0 Å². The molecular formula is C68H62N4O. The summed E-state index contributed by atoms with van der Waals surface area (Å²) in [6.07, 6.45) is 6.13. The van der Waals surface area contributed by atoms with Crippen molar-refractivity contribution in [1.82, 2.24) is 19.3 Å². The van der Waals surface area contributed by atoms with Gasteiger partial charge < -0.3 is 4.74 Å². The van der Waals surface area contributed by atoms with Gasteiger partial charge in [-0.05, 0) is 114 Å². The summed E-state index contributed by atoms with van der Waals surface area (Å²) in [6, 6.07) is 69.6. The van der Waals surface area contributed by atoms with Crippen LogP contribution in [0.5, 0.6) is 11.5 Å². The summed E-state index contributed by atoms with van der Waals surface area (Å²) < 4.78 is 11.4. The smallest absolute Gasteiger partial charge is 0.137 e. The van der Waals surface area contributed by atoms with E-state index in [-0.39, 0.29) is 16.2 Å². The lowest BCUT2D eigenvalue weighted by atomic mass is 9.81. The van der Waals surface area contributed by atoms with Gasteiger partial charge in [0.1, 0.15) is 17.3 Å². The molecule has 0 saturated carbocycles. The van der Waals surface area contributed by atoms with Crippen LogP contribution in [-0.4, -0.2) is 19.3 Å². The Balaban J connectivity index is 1.06. The summed E-state index contributed by atoms with van der Waals surface area (Å²) in [7, 11) is 0. The molecule has 0 atom stereocenters. The Hall–Kier alpha value is -8.28. The first-order chi connectivity index (χ1) is 35.1. The average molecular weight is 951 g/mol. The molecule has 5 nitrogen and oxygen atoms in total. The maximum absolute atomic E-state index is 7.14. The Kier molecular flexibility index (Phi) is 11.9. The monoisotopic (exact) mass is 950 g/mol. The van der Waals surface area contributed by atoms with Gasteiger partial charge in [0.05, 0.1) is 22.9 Å². The SMILES string of the molecule is CC(C)(C)c1ccc(-c2cnn(-c3cc(Oc4ccc5c6ccccc6n(-c6cc(C(C)(C)C)c(-c7ccc(C(C)(C)C)cc7)cn6)c5c4)cc(-c4c(-c5ccccc5)cccc4-c4ccccc4)c3)c2)cc1. The zero-order valence-corrected chi connectivity index (χ0v) is 43.4. The highest BCUT2D eigenvalue weighted by atomic mass is 16.5. The Morgan fingerprint density at radius 1 is 0.397 bits per heavy atom. The molecule has 0 bridgehead atoms. The van der Waals surface area contributed by atoms with E-state index in [2.05, 4.69) is 273 Å². The van der Waals surface area contributed by atoms with Crippen LogP contribution in [0.2, 0.25) is 0 Å². The maximum Gasteiger partial charge on any atom is 0.137 e. The molecule has 0 spiro atoms. The minimum atomic E-state index is -0.156. The molecule has 0 unspecified atom stereocenters. The molecule has 73 heavy (non-hydrogen) atoms. The first-order valence-corrected chi connectivity index (χ1v) is 25.4. The number of benzene rings is 8. The first kappa shape index (κ1) is 47.1. The maximum atomic E-state index is 7.14. The second kappa shape index (κ2) is 18.4. The van der Waals surface area contributed by atoms with Crippen LogP contribution in [0.15, 0.2) is 213 Å². The van der Waals surface area contributed by atoms with Crippen molar-refractivity contribution in [3.63, 3.8) is 0 Å². The minimum Gasteiger partial charge on any atom is -0.457 e. The Morgan fingerprint density at radius 3 is 1.59 bits per heavy atom. The Labute approximate surface area is 430 Å². The summed E-state index contributed by atoms with van der Waals surface area (Å²) >= 11 is 0. The number of fused-ring (bicyclic) bond motifs is 3. The van der Waals surface area contributed by atoms with Crippen LogP contribution in [-0.2, 0) is 16.2 Å². The average Bonchev–Trinajstić information content (AvgIpc) is 4.02. The summed E-state index contributed by atoms with van der Waals surface area (Å²) in [4.78, 5) is 5.26. The fourth-order valence-corrected chi connectivity index (χ4v) is 10.2. The van der Waals surface area contributed by atoms with Crippen LogP contribution in [0.4, 0.5) is 0 Å². The third-order valence-corrected chi connectivity index (χ3v) is 14.2. The largest absolute Gasteiger partial charge is 0.457 e. The topological polar surface area (TPSA) is 44.9 Å². The molecule has 5 heteroatoms. The zero-order chi connectivity index (χ0) is 50.6. The molecule has 3 aromatic heterocycles. The van der Waals surface area contributed by atoms with Crippen molar-refractivity contribution in [3.05, 3.63) is 229 Å². The van der Waals surface area contributed by atoms with Crippen LogP contribution >= 0.6 is 0 Å². The number of hydrogen-bond acceptors (Lipinski definition) is 3. The second-order valence-electron chi connectivity index (χ2n) is 22.5. The molecule has 0 aliphatic rings. The van der Waals surface area contributed by atoms with Gasteiger partial charge in [0, 0.05) is 46.4 Å². The van der Waals surface area contributed by atoms with E-state index in [0.29, 0.717) is 11.5 Å². The highest BCUT2D eigenvalue weighted by Crippen LogP contribution is 2.44. The van der Waals surface area contributed by atoms with Crippen LogP contribution in [0.25, 0.3) is 88.9 Å². The predicted octanol–water partition coefficient (Wildman–Crippen LogP) is 18.4. The van der Waals surface area contributed by atoms with Crippen LogP contribution < -0.4 is 4.74 Å². The summed E-state index contributed by atoms with van der Waals surface area (Å²) in [5, 5.41) is 7.28. The molecule has 0 N–H and O–H groups in total. The standard InChI is InChI=1S/C68H62N4O/c1-66(2,3)51-31-27-45(28-32-51)50-42-70-71(44-50)53-37-49(65-56(46-19-12-10-13-20-46)24-18-25-57(65)47-21-14-11-15-22-47)38-55(39-53)73-54-35-36-59-58-23-16-17-26-62(58)72(63(59)40-54)64-41-61(68(7,8)9)60(43-69-64)48-29-33-52(34-30-48)67(4,5)6/h10-44H,1-9H3. The predicted molar refractivity (Wildman–Crippen MR) is 305 cm³/mol. The van der Waals surface area contributed by atoms with Gasteiger partial charge in [-0.25, -0.2) is 9.67 Å². The van der Waals surface area contributed by atoms with E-state index < -0.39 is 0 Å². The number of hydrogen-bond donors (Lipinski definition) is 0. The molecule has 0 amide bonds. The molecule has 0 aliphatic heterocycles. The second-order valence-corrected chi connectivity index (χ2v) is 22.5. The van der Waals surface area contributed by atoms with Gasteiger partial charge in [0.15, 0.2) is 0 Å². The summed E-state index contributed by atoms with van der Waals surface area (Å²) in [5.41, 5.74) is 17.9. The zero-order valence-electron chi connectivity index (χ0n) is 43.4. The van der Waals surface area contributed by atoms with Gasteiger partial charge in [-0.1, -0.05) is 208 Å². The van der Waals surface area contributed by atoms with E-state index in [0.717, 1.165) is 83.4 Å². The third kappa shape index (κ3) is 9.28. The molecule has 3 heterocycles. The van der Waals surface area contributed by atoms with E-state index in [1.807, 2.05) is 10.9 Å². The fraction of sp³-hybridized carbons (Fsp3) is 0.176. The van der Waals surface area contributed by atoms with Crippen molar-refractivity contribution in [2.45, 2.75) is 78.6 Å². The fourth-order valence-electron chi connectivity index (χ4n) is 10.2. The van der Waals surface area contributed by atoms with Crippen molar-refractivity contribution < 1.29 is 4.74 Å². The number of para-hydroxylation sites is 1. The van der Waals surface area contributed by atoms with Crippen molar-refractivity contribution >= 4 is 21.8 Å². The molecule has 11 rings (SSSR count). The Bertz CT molecular complexity index is 3730. The Morgan fingerprint density at radius 2 is 0.973 bits per heavy atom. The van der Waals surface area contributed by atoms with Crippen molar-refractivity contribution in [2.24, 2.45) is 0 Å². The number of ether oxygens (including phenoxy) is 1. The molecule has 0 fully saturated rings. The molecular weight excluding hydrogens is 889 g/mol. The van der Waals surface area contributed by atoms with Crippen molar-refractivity contribution in [3.8, 4) is 78.6 Å². The molecule has 0 saturated heterocycles. The lowest BCUT2D eigenvalue weighted by molar-refractivity contribution is 0.483. The highest BCUT2D eigenvalue weighted by molar-refractivity contribution is 6.09. The first-order valence-electron chi connectivity index (χ1n) is 25.4. The van der Waals surface area contributed by atoms with E-state index in [1.54, 1.807) is 0 Å². The van der Waals surface area contributed by atoms with Gasteiger partial charge in [-0.3, -0.25) is 4.57 Å². The quantitative estimate of drug-likeness (QED) is 0.145. The summed E-state index contributed by atoms with van der Waals surface area (Å²) in [5.74, 6) is 2.27. The molecule has 0 aliphatic carbocycles. The highest BCUT2D eigenvalue weighted by Gasteiger charge is 2.24. The van der Waals surface area contributed by atoms with Gasteiger partial charge in [-0.15, -0.1) is 0 Å². The molecule has 0 radical (unpaired) electrons. The van der Waals surface area contributed by atoms with Crippen LogP contribution in [0.3, 0.4) is 0 Å². The number of rotatable bonds is 9. The van der Waals surface area contributed by atoms with Crippen molar-refractivity contribution in [2.75, 3.05) is 0 Å². The molecule has 11 aromatic rings. The third-order valence-electron chi connectivity index (χ3n) is 14.2. The molecule has 360 valence electrons. The minimum absolute atomic E-state index is 0.0628. The lowest BCUT2D eigenvalue weighted by Gasteiger charge is -2.25. The normalized spacial score (nSPS) is 12.2. The number of aromatic nitrogens is 4.